The molecule has 1 aliphatic heterocycles. The average Bonchev–Trinajstić information content (AvgIpc) is 3.76. The molecule has 0 saturated heterocycles. The highest BCUT2D eigenvalue weighted by Gasteiger charge is 2.25. The topological polar surface area (TPSA) is 55.6 Å². The van der Waals surface area contributed by atoms with E-state index in [9.17, 15) is 0 Å². The van der Waals surface area contributed by atoms with Gasteiger partial charge in [-0.15, -0.1) is 0 Å². The number of hydrogen-bond acceptors (Lipinski definition) is 4. The number of benzene rings is 5. The van der Waals surface area contributed by atoms with Crippen LogP contribution in [-0.4, -0.2) is 10.3 Å². The molecule has 1 aliphatic carbocycles. The summed E-state index contributed by atoms with van der Waals surface area (Å²) < 4.78 is 15.2. The first-order valence-corrected chi connectivity index (χ1v) is 15.5. The molecular weight excluding hydrogens is 554 g/mol. The van der Waals surface area contributed by atoms with Crippen molar-refractivity contribution in [1.82, 2.24) is 9.88 Å². The lowest BCUT2D eigenvalue weighted by Gasteiger charge is -2.27. The Hall–Kier alpha value is -5.81. The number of para-hydroxylation sites is 2. The molecule has 5 heteroatoms. The minimum Gasteiger partial charge on any atom is -0.456 e. The zero-order valence-corrected chi connectivity index (χ0v) is 24.3. The summed E-state index contributed by atoms with van der Waals surface area (Å²) in [5.74, 6) is 0. The van der Waals surface area contributed by atoms with Crippen LogP contribution < -0.4 is 5.32 Å². The third-order valence-corrected chi connectivity index (χ3v) is 9.25. The Morgan fingerprint density at radius 1 is 0.644 bits per heavy atom. The molecule has 10 rings (SSSR count). The number of allylic oxidation sites excluding steroid dienone is 4. The lowest BCUT2D eigenvalue weighted by molar-refractivity contribution is 0.484. The van der Waals surface area contributed by atoms with Crippen molar-refractivity contribution in [1.29, 1.82) is 0 Å². The molecule has 8 aromatic rings. The van der Waals surface area contributed by atoms with Gasteiger partial charge in [0, 0.05) is 44.1 Å². The van der Waals surface area contributed by atoms with Crippen LogP contribution in [0.4, 0.5) is 0 Å². The first-order valence-electron chi connectivity index (χ1n) is 15.5. The molecule has 45 heavy (non-hydrogen) atoms. The largest absolute Gasteiger partial charge is 0.456 e. The molecule has 214 valence electrons. The second-order valence-corrected chi connectivity index (χ2v) is 11.9. The summed E-state index contributed by atoms with van der Waals surface area (Å²) in [4.78, 5) is 5.33. The van der Waals surface area contributed by atoms with Crippen LogP contribution in [0.2, 0.25) is 0 Å². The summed E-state index contributed by atoms with van der Waals surface area (Å²) in [6, 6.07) is 35.8. The molecular formula is C40H27N3O2. The van der Waals surface area contributed by atoms with E-state index in [0.29, 0.717) is 0 Å². The Balaban J connectivity index is 1.25. The van der Waals surface area contributed by atoms with Crippen molar-refractivity contribution >= 4 is 71.4 Å². The minimum atomic E-state index is -0.356. The van der Waals surface area contributed by atoms with Crippen molar-refractivity contribution in [2.45, 2.75) is 19.1 Å². The fourth-order valence-corrected chi connectivity index (χ4v) is 7.22. The summed E-state index contributed by atoms with van der Waals surface area (Å²) in [6.07, 6.45) is 10.7. The van der Waals surface area contributed by atoms with E-state index in [1.165, 1.54) is 11.0 Å². The molecule has 4 heterocycles. The number of furan rings is 2. The van der Waals surface area contributed by atoms with Gasteiger partial charge in [-0.1, -0.05) is 85.0 Å². The molecule has 3 aromatic heterocycles. The van der Waals surface area contributed by atoms with E-state index in [1.807, 2.05) is 30.3 Å². The highest BCUT2D eigenvalue weighted by Crippen LogP contribution is 2.43. The Bertz CT molecular complexity index is 2620. The molecule has 0 spiro atoms. The van der Waals surface area contributed by atoms with Gasteiger partial charge in [-0.2, -0.15) is 0 Å². The van der Waals surface area contributed by atoms with Gasteiger partial charge in [0.1, 0.15) is 22.3 Å². The predicted octanol–water partition coefficient (Wildman–Crippen LogP) is 10.3. The van der Waals surface area contributed by atoms with Crippen molar-refractivity contribution in [2.24, 2.45) is 4.99 Å². The Labute approximate surface area is 258 Å². The summed E-state index contributed by atoms with van der Waals surface area (Å²) in [5.41, 5.74) is 9.97. The maximum Gasteiger partial charge on any atom is 0.201 e. The smallest absolute Gasteiger partial charge is 0.201 e. The maximum absolute atomic E-state index is 6.59. The number of fused-ring (bicyclic) bond motifs is 10. The molecule has 5 nitrogen and oxygen atoms in total. The first kappa shape index (κ1) is 24.6. The van der Waals surface area contributed by atoms with Crippen molar-refractivity contribution in [3.63, 3.8) is 0 Å². The Morgan fingerprint density at radius 3 is 2.24 bits per heavy atom. The molecule has 0 radical (unpaired) electrons. The van der Waals surface area contributed by atoms with Gasteiger partial charge in [0.2, 0.25) is 6.29 Å². The van der Waals surface area contributed by atoms with Crippen LogP contribution in [0.1, 0.15) is 24.7 Å². The number of hydrogen-bond donors (Lipinski definition) is 1. The van der Waals surface area contributed by atoms with Gasteiger partial charge in [-0.05, 0) is 60.4 Å². The molecule has 1 N–H and O–H groups in total. The second kappa shape index (κ2) is 9.34. The van der Waals surface area contributed by atoms with E-state index < -0.39 is 0 Å². The number of aromatic nitrogens is 1. The lowest BCUT2D eigenvalue weighted by atomic mass is 10.0. The number of rotatable bonds is 3. The maximum atomic E-state index is 6.59. The summed E-state index contributed by atoms with van der Waals surface area (Å²) in [7, 11) is 0. The van der Waals surface area contributed by atoms with Crippen LogP contribution >= 0.6 is 0 Å². The quantitative estimate of drug-likeness (QED) is 0.226. The zero-order valence-electron chi connectivity index (χ0n) is 24.3. The van der Waals surface area contributed by atoms with Crippen LogP contribution in [0.3, 0.4) is 0 Å². The van der Waals surface area contributed by atoms with Crippen LogP contribution in [0.5, 0.6) is 0 Å². The Morgan fingerprint density at radius 2 is 1.40 bits per heavy atom. The number of aliphatic imine (C=N–C) groups is 1. The van der Waals surface area contributed by atoms with E-state index in [1.54, 1.807) is 0 Å². The molecule has 5 aromatic carbocycles. The second-order valence-electron chi connectivity index (χ2n) is 11.9. The van der Waals surface area contributed by atoms with Gasteiger partial charge in [0.25, 0.3) is 0 Å². The number of nitrogens with one attached hydrogen (secondary N) is 1. The van der Waals surface area contributed by atoms with E-state index in [4.69, 9.17) is 13.8 Å². The van der Waals surface area contributed by atoms with Gasteiger partial charge >= 0.3 is 0 Å². The van der Waals surface area contributed by atoms with Gasteiger partial charge in [0.05, 0.1) is 16.7 Å². The SMILES string of the molecule is C1=CC(C2=CC(c3ccccc3)=NC(n3c4ccccc4c4cc5c(cc43)oc3ccc4oc6ccccc6c4c35)N2)=CCC1. The first-order chi connectivity index (χ1) is 22.3. The average molecular weight is 582 g/mol. The van der Waals surface area contributed by atoms with Crippen molar-refractivity contribution in [2.75, 3.05) is 0 Å². The summed E-state index contributed by atoms with van der Waals surface area (Å²) >= 11 is 0. The van der Waals surface area contributed by atoms with E-state index >= 15 is 0 Å². The normalized spacial score (nSPS) is 17.0. The molecule has 2 aliphatic rings. The van der Waals surface area contributed by atoms with Crippen molar-refractivity contribution in [3.8, 4) is 0 Å². The Kier molecular flexibility index (Phi) is 5.11. The number of nitrogens with zero attached hydrogens (tertiary/aromatic N) is 2. The fraction of sp³-hybridized carbons (Fsp3) is 0.0750. The highest BCUT2D eigenvalue weighted by molar-refractivity contribution is 6.27. The molecule has 0 amide bonds. The zero-order chi connectivity index (χ0) is 29.5. The van der Waals surface area contributed by atoms with Gasteiger partial charge in [-0.3, -0.25) is 0 Å². The third kappa shape index (κ3) is 3.64. The van der Waals surface area contributed by atoms with E-state index in [-0.39, 0.29) is 6.29 Å². The predicted molar refractivity (Wildman–Crippen MR) is 184 cm³/mol. The molecule has 0 saturated carbocycles. The standard InChI is InChI=1S/C40H27N3O2/c1-3-11-24(12-4-1)30-22-31(25-13-5-2-6-14-25)42-40(41-30)43-32-17-9-7-15-26(32)28-21-29-37(23-33(28)43)45-36-20-19-35-38(39(29)36)27-16-8-10-18-34(27)44-35/h1,3-5,7-23,40,42H,2,6H2. The monoisotopic (exact) mass is 581 g/mol. The molecule has 1 atom stereocenters. The van der Waals surface area contributed by atoms with Gasteiger partial charge in [0.15, 0.2) is 0 Å². The van der Waals surface area contributed by atoms with Gasteiger partial charge < -0.3 is 18.7 Å². The van der Waals surface area contributed by atoms with Gasteiger partial charge in [-0.25, -0.2) is 4.99 Å². The third-order valence-electron chi connectivity index (χ3n) is 9.25. The van der Waals surface area contributed by atoms with Crippen LogP contribution in [0.15, 0.2) is 153 Å². The van der Waals surface area contributed by atoms with E-state index in [0.717, 1.165) is 90.1 Å². The van der Waals surface area contributed by atoms with Crippen LogP contribution in [0.25, 0.3) is 65.7 Å². The van der Waals surface area contributed by atoms with Crippen LogP contribution in [0, 0.1) is 0 Å². The fourth-order valence-electron chi connectivity index (χ4n) is 7.22. The molecule has 0 bridgehead atoms. The lowest BCUT2D eigenvalue weighted by Crippen LogP contribution is -2.30. The summed E-state index contributed by atoms with van der Waals surface area (Å²) in [6.45, 7) is 0. The van der Waals surface area contributed by atoms with Crippen molar-refractivity contribution < 1.29 is 8.83 Å². The van der Waals surface area contributed by atoms with E-state index in [2.05, 4.69) is 107 Å². The summed E-state index contributed by atoms with van der Waals surface area (Å²) in [5, 5.41) is 10.5. The van der Waals surface area contributed by atoms with Crippen LogP contribution in [-0.2, 0) is 0 Å². The molecule has 0 fully saturated rings. The molecule has 1 unspecified atom stereocenters. The minimum absolute atomic E-state index is 0.356. The van der Waals surface area contributed by atoms with Crippen molar-refractivity contribution in [3.05, 3.63) is 144 Å². The highest BCUT2D eigenvalue weighted by atomic mass is 16.3.